The Balaban J connectivity index is 1.74. The number of nitrogens with two attached hydrogens (primary N) is 1. The summed E-state index contributed by atoms with van der Waals surface area (Å²) in [6.45, 7) is 0. The summed E-state index contributed by atoms with van der Waals surface area (Å²) < 4.78 is 1.84. The van der Waals surface area contributed by atoms with E-state index in [2.05, 4.69) is 5.10 Å². The summed E-state index contributed by atoms with van der Waals surface area (Å²) >= 11 is 0. The monoisotopic (exact) mass is 285 g/mol. The van der Waals surface area contributed by atoms with Crippen LogP contribution in [0.5, 0.6) is 0 Å². The van der Waals surface area contributed by atoms with E-state index in [4.69, 9.17) is 5.73 Å². The average molecular weight is 285 g/mol. The summed E-state index contributed by atoms with van der Waals surface area (Å²) in [4.78, 5) is 12.4. The van der Waals surface area contributed by atoms with Crippen molar-refractivity contribution in [3.05, 3.63) is 30.0 Å². The van der Waals surface area contributed by atoms with Crippen LogP contribution in [0.25, 0.3) is 10.9 Å². The van der Waals surface area contributed by atoms with Crippen LogP contribution in [0.15, 0.2) is 24.3 Å². The van der Waals surface area contributed by atoms with Gasteiger partial charge in [0.05, 0.1) is 17.6 Å². The molecule has 1 aliphatic carbocycles. The molecule has 3 rings (SSSR count). The van der Waals surface area contributed by atoms with Gasteiger partial charge in [-0.3, -0.25) is 9.48 Å². The van der Waals surface area contributed by atoms with Gasteiger partial charge in [0.15, 0.2) is 0 Å². The maximum atomic E-state index is 12.4. The van der Waals surface area contributed by atoms with E-state index in [0.29, 0.717) is 12.8 Å². The lowest BCUT2D eigenvalue weighted by molar-refractivity contribution is -0.119. The summed E-state index contributed by atoms with van der Waals surface area (Å²) in [5, 5.41) is 5.57. The Morgan fingerprint density at radius 1 is 1.29 bits per heavy atom. The zero-order valence-corrected chi connectivity index (χ0v) is 12.6. The smallest absolute Gasteiger partial charge is 0.140 e. The van der Waals surface area contributed by atoms with Crippen molar-refractivity contribution in [1.29, 1.82) is 0 Å². The number of hydrogen-bond acceptors (Lipinski definition) is 3. The molecule has 4 heteroatoms. The van der Waals surface area contributed by atoms with Crippen LogP contribution in [0.3, 0.4) is 0 Å². The molecule has 0 amide bonds. The molecule has 112 valence electrons. The summed E-state index contributed by atoms with van der Waals surface area (Å²) in [5.41, 5.74) is 8.05. The lowest BCUT2D eigenvalue weighted by Gasteiger charge is -2.32. The van der Waals surface area contributed by atoms with Crippen molar-refractivity contribution in [3.8, 4) is 0 Å². The fourth-order valence-electron chi connectivity index (χ4n) is 3.49. The van der Waals surface area contributed by atoms with Gasteiger partial charge in [-0.05, 0) is 18.9 Å². The molecule has 0 unspecified atom stereocenters. The van der Waals surface area contributed by atoms with Gasteiger partial charge in [-0.15, -0.1) is 0 Å². The third-order valence-electron chi connectivity index (χ3n) is 4.60. The normalized spacial score (nSPS) is 18.0. The standard InChI is InChI=1S/C17H23N3O/c1-20-16-8-4-3-7-14(16)15(19-20)11-13(21)12-17(18)9-5-2-6-10-17/h3-4,7-8H,2,5-6,9-12,18H2,1H3. The number of nitrogens with zero attached hydrogens (tertiary/aromatic N) is 2. The van der Waals surface area contributed by atoms with Crippen LogP contribution in [0.2, 0.25) is 0 Å². The highest BCUT2D eigenvalue weighted by atomic mass is 16.1. The Morgan fingerprint density at radius 3 is 2.76 bits per heavy atom. The third kappa shape index (κ3) is 3.00. The number of hydrogen-bond donors (Lipinski definition) is 1. The van der Waals surface area contributed by atoms with Crippen LogP contribution in [-0.2, 0) is 18.3 Å². The quantitative estimate of drug-likeness (QED) is 0.939. The molecular formula is C17H23N3O. The van der Waals surface area contributed by atoms with Crippen molar-refractivity contribution >= 4 is 16.7 Å². The summed E-state index contributed by atoms with van der Waals surface area (Å²) in [6, 6.07) is 8.04. The molecule has 0 radical (unpaired) electrons. The van der Waals surface area contributed by atoms with E-state index in [9.17, 15) is 4.79 Å². The number of Topliss-reactive ketones (excluding diaryl/α,β-unsaturated/α-hetero) is 1. The fourth-order valence-corrected chi connectivity index (χ4v) is 3.49. The van der Waals surface area contributed by atoms with Crippen LogP contribution in [0.4, 0.5) is 0 Å². The summed E-state index contributed by atoms with van der Waals surface area (Å²) in [5.74, 6) is 0.211. The van der Waals surface area contributed by atoms with Crippen molar-refractivity contribution in [2.45, 2.75) is 50.5 Å². The highest BCUT2D eigenvalue weighted by Crippen LogP contribution is 2.29. The van der Waals surface area contributed by atoms with Crippen LogP contribution < -0.4 is 5.73 Å². The van der Waals surface area contributed by atoms with Gasteiger partial charge in [0.1, 0.15) is 5.78 Å². The van der Waals surface area contributed by atoms with Crippen molar-refractivity contribution in [3.63, 3.8) is 0 Å². The van der Waals surface area contributed by atoms with E-state index in [-0.39, 0.29) is 11.3 Å². The second-order valence-electron chi connectivity index (χ2n) is 6.40. The molecular weight excluding hydrogens is 262 g/mol. The number of aryl methyl sites for hydroxylation is 1. The van der Waals surface area contributed by atoms with Gasteiger partial charge in [0.25, 0.3) is 0 Å². The fraction of sp³-hybridized carbons (Fsp3) is 0.529. The minimum Gasteiger partial charge on any atom is -0.325 e. The van der Waals surface area contributed by atoms with Gasteiger partial charge in [0, 0.05) is 24.4 Å². The Labute approximate surface area is 125 Å². The first-order valence-corrected chi connectivity index (χ1v) is 7.79. The molecule has 4 nitrogen and oxygen atoms in total. The first-order valence-electron chi connectivity index (χ1n) is 7.79. The number of rotatable bonds is 4. The molecule has 0 atom stereocenters. The first kappa shape index (κ1) is 14.3. The molecule has 0 spiro atoms. The van der Waals surface area contributed by atoms with Gasteiger partial charge in [0.2, 0.25) is 0 Å². The van der Waals surface area contributed by atoms with E-state index in [0.717, 1.165) is 42.3 Å². The van der Waals surface area contributed by atoms with Gasteiger partial charge >= 0.3 is 0 Å². The minimum absolute atomic E-state index is 0.211. The molecule has 0 bridgehead atoms. The second-order valence-corrected chi connectivity index (χ2v) is 6.40. The van der Waals surface area contributed by atoms with Crippen LogP contribution in [0.1, 0.15) is 44.2 Å². The molecule has 2 aromatic rings. The molecule has 1 heterocycles. The lowest BCUT2D eigenvalue weighted by Crippen LogP contribution is -2.43. The first-order chi connectivity index (χ1) is 10.1. The highest BCUT2D eigenvalue weighted by molar-refractivity contribution is 5.89. The van der Waals surface area contributed by atoms with Crippen LogP contribution >= 0.6 is 0 Å². The number of carbonyl (C=O) groups is 1. The molecule has 1 aromatic heterocycles. The van der Waals surface area contributed by atoms with Gasteiger partial charge in [-0.2, -0.15) is 5.10 Å². The summed E-state index contributed by atoms with van der Waals surface area (Å²) in [6.07, 6.45) is 6.37. The van der Waals surface area contributed by atoms with E-state index >= 15 is 0 Å². The lowest BCUT2D eigenvalue weighted by atomic mass is 9.78. The number of carbonyl (C=O) groups excluding carboxylic acids is 1. The van der Waals surface area contributed by atoms with E-state index < -0.39 is 0 Å². The second kappa shape index (κ2) is 5.60. The largest absolute Gasteiger partial charge is 0.325 e. The Kier molecular flexibility index (Phi) is 3.81. The average Bonchev–Trinajstić information content (AvgIpc) is 2.76. The molecule has 21 heavy (non-hydrogen) atoms. The molecule has 1 aliphatic rings. The zero-order valence-electron chi connectivity index (χ0n) is 12.6. The summed E-state index contributed by atoms with van der Waals surface area (Å²) in [7, 11) is 1.92. The predicted octanol–water partition coefficient (Wildman–Crippen LogP) is 2.74. The van der Waals surface area contributed by atoms with Gasteiger partial charge in [-0.25, -0.2) is 0 Å². The zero-order chi connectivity index (χ0) is 14.9. The number of ketones is 1. The number of fused-ring (bicyclic) bond motifs is 1. The van der Waals surface area contributed by atoms with Crippen molar-refractivity contribution in [1.82, 2.24) is 9.78 Å². The SMILES string of the molecule is Cn1nc(CC(=O)CC2(N)CCCCC2)c2ccccc21. The number of benzene rings is 1. The van der Waals surface area contributed by atoms with E-state index in [1.807, 2.05) is 36.0 Å². The Morgan fingerprint density at radius 2 is 2.00 bits per heavy atom. The third-order valence-corrected chi connectivity index (χ3v) is 4.60. The number of aromatic nitrogens is 2. The molecule has 0 saturated heterocycles. The molecule has 1 fully saturated rings. The van der Waals surface area contributed by atoms with Crippen LogP contribution in [0, 0.1) is 0 Å². The van der Waals surface area contributed by atoms with Gasteiger partial charge in [-0.1, -0.05) is 37.5 Å². The minimum atomic E-state index is -0.278. The Hall–Kier alpha value is -1.68. The Bertz CT molecular complexity index is 653. The van der Waals surface area contributed by atoms with Crippen molar-refractivity contribution < 1.29 is 4.79 Å². The maximum Gasteiger partial charge on any atom is 0.140 e. The predicted molar refractivity (Wildman–Crippen MR) is 84.0 cm³/mol. The molecule has 0 aliphatic heterocycles. The topological polar surface area (TPSA) is 60.9 Å². The van der Waals surface area contributed by atoms with E-state index in [1.54, 1.807) is 0 Å². The van der Waals surface area contributed by atoms with Crippen molar-refractivity contribution in [2.75, 3.05) is 0 Å². The van der Waals surface area contributed by atoms with Crippen LogP contribution in [-0.4, -0.2) is 21.1 Å². The highest BCUT2D eigenvalue weighted by Gasteiger charge is 2.30. The molecule has 2 N–H and O–H groups in total. The number of para-hydroxylation sites is 1. The maximum absolute atomic E-state index is 12.4. The van der Waals surface area contributed by atoms with E-state index in [1.165, 1.54) is 6.42 Å². The molecule has 1 aromatic carbocycles. The van der Waals surface area contributed by atoms with Gasteiger partial charge < -0.3 is 5.73 Å². The molecule has 1 saturated carbocycles. The van der Waals surface area contributed by atoms with Crippen molar-refractivity contribution in [2.24, 2.45) is 12.8 Å².